The Morgan fingerprint density at radius 3 is 1.05 bits per heavy atom. The molecule has 0 spiro atoms. The van der Waals surface area contributed by atoms with E-state index in [0.29, 0.717) is 25.7 Å². The molecule has 0 aromatic heterocycles. The third-order valence-corrected chi connectivity index (χ3v) is 9.66. The van der Waals surface area contributed by atoms with Gasteiger partial charge in [-0.3, -0.25) is 14.4 Å². The van der Waals surface area contributed by atoms with Crippen LogP contribution in [0.1, 0.15) is 194 Å². The zero-order chi connectivity index (χ0) is 45.1. The summed E-state index contributed by atoms with van der Waals surface area (Å²) in [5, 5.41) is 0. The standard InChI is InChI=1S/C56H88O6/c1-4-7-10-13-16-19-22-24-25-26-27-28-29-30-31-33-34-37-40-43-46-49-55(58)61-52-53(51-60-54(57)48-45-42-39-36-21-18-15-12-9-6-3)62-56(59)50-47-44-41-38-35-32-23-20-17-14-11-8-5-2/h7-8,10-12,15-17,19-20,24-25,27-28,30-32,34-35,37,53H,4-6,9,13-14,18,21-23,26,29,33,36,38-52H2,1-3H3/b10-7-,11-8-,15-12-,19-16-,20-17-,25-24-,28-27-,31-30-,35-32-,37-34-. The van der Waals surface area contributed by atoms with Crippen molar-refractivity contribution in [2.75, 3.05) is 13.2 Å². The van der Waals surface area contributed by atoms with Gasteiger partial charge in [-0.1, -0.05) is 174 Å². The second kappa shape index (κ2) is 49.5. The summed E-state index contributed by atoms with van der Waals surface area (Å²) in [5.41, 5.74) is 0. The Morgan fingerprint density at radius 2 is 0.629 bits per heavy atom. The third kappa shape index (κ3) is 46.9. The molecule has 0 fully saturated rings. The molecule has 1 unspecified atom stereocenters. The SMILES string of the molecule is CC/C=C\C/C=C\C/C=C\C/C=C\C/C=C\C/C=C\CCCCC(=O)OCC(COC(=O)CCCCCCC/C=C\CCC)OC(=O)CCCCC/C=C\C/C=C\C/C=C\CC. The molecular formula is C56H88O6. The van der Waals surface area contributed by atoms with Crippen LogP contribution in [-0.2, 0) is 28.6 Å². The molecule has 0 bridgehead atoms. The fourth-order valence-corrected chi connectivity index (χ4v) is 6.05. The second-order valence-corrected chi connectivity index (χ2v) is 15.6. The molecule has 6 nitrogen and oxygen atoms in total. The summed E-state index contributed by atoms with van der Waals surface area (Å²) in [5.74, 6) is -1.01. The van der Waals surface area contributed by atoms with E-state index < -0.39 is 6.10 Å². The minimum absolute atomic E-state index is 0.112. The van der Waals surface area contributed by atoms with Gasteiger partial charge in [-0.2, -0.15) is 0 Å². The maximum absolute atomic E-state index is 12.7. The zero-order valence-corrected chi connectivity index (χ0v) is 39.6. The Bertz CT molecular complexity index is 1350. The summed E-state index contributed by atoms with van der Waals surface area (Å²) in [6.45, 7) is 6.25. The lowest BCUT2D eigenvalue weighted by Crippen LogP contribution is -2.30. The average molecular weight is 857 g/mol. The first-order valence-electron chi connectivity index (χ1n) is 24.5. The molecule has 1 atom stereocenters. The Labute approximate surface area is 380 Å². The molecule has 62 heavy (non-hydrogen) atoms. The Hall–Kier alpha value is -4.19. The number of carbonyl (C=O) groups is 3. The van der Waals surface area contributed by atoms with E-state index in [4.69, 9.17) is 14.2 Å². The second-order valence-electron chi connectivity index (χ2n) is 15.6. The van der Waals surface area contributed by atoms with Crippen LogP contribution >= 0.6 is 0 Å². The molecule has 0 aliphatic heterocycles. The summed E-state index contributed by atoms with van der Waals surface area (Å²) in [4.78, 5) is 37.8. The summed E-state index contributed by atoms with van der Waals surface area (Å²) >= 11 is 0. The molecule has 0 saturated heterocycles. The van der Waals surface area contributed by atoms with Crippen LogP contribution in [0.5, 0.6) is 0 Å². The van der Waals surface area contributed by atoms with Gasteiger partial charge in [0.25, 0.3) is 0 Å². The molecule has 0 amide bonds. The number of hydrogen-bond acceptors (Lipinski definition) is 6. The van der Waals surface area contributed by atoms with Crippen molar-refractivity contribution < 1.29 is 28.6 Å². The molecule has 0 saturated carbocycles. The molecule has 0 radical (unpaired) electrons. The van der Waals surface area contributed by atoms with Crippen LogP contribution in [0.4, 0.5) is 0 Å². The molecule has 0 aromatic rings. The molecule has 0 aromatic carbocycles. The maximum atomic E-state index is 12.7. The van der Waals surface area contributed by atoms with Crippen LogP contribution < -0.4 is 0 Å². The number of rotatable bonds is 42. The lowest BCUT2D eigenvalue weighted by Gasteiger charge is -2.18. The van der Waals surface area contributed by atoms with Gasteiger partial charge in [0.05, 0.1) is 0 Å². The van der Waals surface area contributed by atoms with Gasteiger partial charge in [0.2, 0.25) is 0 Å². The number of allylic oxidation sites excluding steroid dienone is 20. The van der Waals surface area contributed by atoms with Crippen molar-refractivity contribution in [2.45, 2.75) is 200 Å². The molecule has 0 aliphatic carbocycles. The molecule has 6 heteroatoms. The number of esters is 3. The van der Waals surface area contributed by atoms with Crippen LogP contribution in [0, 0.1) is 0 Å². The summed E-state index contributed by atoms with van der Waals surface area (Å²) in [7, 11) is 0. The predicted molar refractivity (Wildman–Crippen MR) is 265 cm³/mol. The first-order chi connectivity index (χ1) is 30.5. The van der Waals surface area contributed by atoms with Crippen molar-refractivity contribution in [1.82, 2.24) is 0 Å². The highest BCUT2D eigenvalue weighted by atomic mass is 16.6. The van der Waals surface area contributed by atoms with Crippen LogP contribution in [0.15, 0.2) is 122 Å². The van der Waals surface area contributed by atoms with Crippen LogP contribution in [0.25, 0.3) is 0 Å². The van der Waals surface area contributed by atoms with Crippen LogP contribution in [-0.4, -0.2) is 37.2 Å². The topological polar surface area (TPSA) is 78.9 Å². The summed E-state index contributed by atoms with van der Waals surface area (Å²) < 4.78 is 16.7. The van der Waals surface area contributed by atoms with E-state index in [2.05, 4.69) is 142 Å². The average Bonchev–Trinajstić information content (AvgIpc) is 3.27. The summed E-state index contributed by atoms with van der Waals surface area (Å²) in [6, 6.07) is 0. The first kappa shape index (κ1) is 57.8. The minimum atomic E-state index is -0.816. The van der Waals surface area contributed by atoms with E-state index in [-0.39, 0.29) is 37.5 Å². The molecular weight excluding hydrogens is 769 g/mol. The van der Waals surface area contributed by atoms with Gasteiger partial charge < -0.3 is 14.2 Å². The van der Waals surface area contributed by atoms with Crippen molar-refractivity contribution in [2.24, 2.45) is 0 Å². The quantitative estimate of drug-likeness (QED) is 0.0263. The smallest absolute Gasteiger partial charge is 0.306 e. The first-order valence-corrected chi connectivity index (χ1v) is 24.5. The van der Waals surface area contributed by atoms with Gasteiger partial charge in [0, 0.05) is 19.3 Å². The highest BCUT2D eigenvalue weighted by Gasteiger charge is 2.19. The van der Waals surface area contributed by atoms with E-state index in [1.807, 2.05) is 0 Å². The van der Waals surface area contributed by atoms with Gasteiger partial charge in [-0.05, 0) is 122 Å². The van der Waals surface area contributed by atoms with E-state index in [1.54, 1.807) is 0 Å². The molecule has 0 rings (SSSR count). The van der Waals surface area contributed by atoms with Gasteiger partial charge in [0.15, 0.2) is 6.10 Å². The molecule has 0 N–H and O–H groups in total. The van der Waals surface area contributed by atoms with E-state index in [0.717, 1.165) is 128 Å². The van der Waals surface area contributed by atoms with Gasteiger partial charge in [0.1, 0.15) is 13.2 Å². The lowest BCUT2D eigenvalue weighted by molar-refractivity contribution is -0.167. The van der Waals surface area contributed by atoms with Crippen molar-refractivity contribution in [3.63, 3.8) is 0 Å². The number of carbonyl (C=O) groups excluding carboxylic acids is 3. The lowest BCUT2D eigenvalue weighted by atomic mass is 10.1. The van der Waals surface area contributed by atoms with Crippen molar-refractivity contribution in [1.29, 1.82) is 0 Å². The molecule has 0 heterocycles. The molecule has 348 valence electrons. The third-order valence-electron chi connectivity index (χ3n) is 9.66. The minimum Gasteiger partial charge on any atom is -0.462 e. The van der Waals surface area contributed by atoms with Gasteiger partial charge >= 0.3 is 17.9 Å². The Balaban J connectivity index is 4.48. The normalized spacial score (nSPS) is 13.1. The monoisotopic (exact) mass is 857 g/mol. The maximum Gasteiger partial charge on any atom is 0.306 e. The highest BCUT2D eigenvalue weighted by Crippen LogP contribution is 2.11. The predicted octanol–water partition coefficient (Wildman–Crippen LogP) is 16.1. The van der Waals surface area contributed by atoms with Gasteiger partial charge in [-0.25, -0.2) is 0 Å². The Kier molecular flexibility index (Phi) is 46.1. The fourth-order valence-electron chi connectivity index (χ4n) is 6.05. The largest absolute Gasteiger partial charge is 0.462 e. The van der Waals surface area contributed by atoms with E-state index in [1.165, 1.54) is 12.8 Å². The van der Waals surface area contributed by atoms with Crippen molar-refractivity contribution >= 4 is 17.9 Å². The van der Waals surface area contributed by atoms with E-state index >= 15 is 0 Å². The van der Waals surface area contributed by atoms with Crippen molar-refractivity contribution in [3.05, 3.63) is 122 Å². The molecule has 0 aliphatic rings. The van der Waals surface area contributed by atoms with Gasteiger partial charge in [-0.15, -0.1) is 0 Å². The summed E-state index contributed by atoms with van der Waals surface area (Å²) in [6.07, 6.45) is 67.6. The number of ether oxygens (including phenoxy) is 3. The zero-order valence-electron chi connectivity index (χ0n) is 39.6. The number of unbranched alkanes of at least 4 members (excludes halogenated alkanes) is 11. The fraction of sp³-hybridized carbons (Fsp3) is 0.589. The Morgan fingerprint density at radius 1 is 0.339 bits per heavy atom. The van der Waals surface area contributed by atoms with E-state index in [9.17, 15) is 14.4 Å². The number of hydrogen-bond donors (Lipinski definition) is 0. The van der Waals surface area contributed by atoms with Crippen LogP contribution in [0.3, 0.4) is 0 Å². The van der Waals surface area contributed by atoms with Crippen molar-refractivity contribution in [3.8, 4) is 0 Å². The van der Waals surface area contributed by atoms with Crippen LogP contribution in [0.2, 0.25) is 0 Å². The highest BCUT2D eigenvalue weighted by molar-refractivity contribution is 5.71.